The van der Waals surface area contributed by atoms with E-state index in [0.717, 1.165) is 17.5 Å². The maximum absolute atomic E-state index is 12.2. The van der Waals surface area contributed by atoms with Gasteiger partial charge in [-0.15, -0.1) is 0 Å². The van der Waals surface area contributed by atoms with Gasteiger partial charge in [0.05, 0.1) is 23.8 Å². The van der Waals surface area contributed by atoms with Crippen molar-refractivity contribution in [3.05, 3.63) is 36.2 Å². The van der Waals surface area contributed by atoms with Crippen LogP contribution in [0.25, 0.3) is 11.0 Å². The van der Waals surface area contributed by atoms with Gasteiger partial charge in [-0.3, -0.25) is 9.78 Å². The van der Waals surface area contributed by atoms with Crippen LogP contribution in [-0.4, -0.2) is 47.7 Å². The molecule has 0 radical (unpaired) electrons. The second-order valence-corrected chi connectivity index (χ2v) is 5.64. The number of carbonyl (C=O) groups is 2. The summed E-state index contributed by atoms with van der Waals surface area (Å²) in [5.41, 5.74) is 2.13. The number of hydrogen-bond acceptors (Lipinski definition) is 6. The number of ether oxygens (including phenoxy) is 2. The molecule has 1 aliphatic heterocycles. The summed E-state index contributed by atoms with van der Waals surface area (Å²) in [4.78, 5) is 33.0. The maximum atomic E-state index is 12.2. The van der Waals surface area contributed by atoms with Crippen molar-refractivity contribution in [2.24, 2.45) is 0 Å². The van der Waals surface area contributed by atoms with Gasteiger partial charge in [-0.05, 0) is 25.0 Å². The minimum absolute atomic E-state index is 0.211. The van der Waals surface area contributed by atoms with Gasteiger partial charge in [0.1, 0.15) is 12.1 Å². The lowest BCUT2D eigenvalue weighted by atomic mass is 10.1. The van der Waals surface area contributed by atoms with E-state index in [-0.39, 0.29) is 12.3 Å². The Balaban J connectivity index is 1.75. The summed E-state index contributed by atoms with van der Waals surface area (Å²) in [7, 11) is 1.29. The number of para-hydroxylation sites is 2. The smallest absolute Gasteiger partial charge is 0.328 e. The predicted octanol–water partition coefficient (Wildman–Crippen LogP) is 1.01. The SMILES string of the molecule is COC(=O)[C@H](Cc1cnc2ccccc2n1)NC(=O)[C@H]1CCCO1. The molecule has 1 aromatic heterocycles. The van der Waals surface area contributed by atoms with Crippen LogP contribution in [0.3, 0.4) is 0 Å². The Kier molecular flexibility index (Phi) is 5.00. The summed E-state index contributed by atoms with van der Waals surface area (Å²) in [5, 5.41) is 2.70. The van der Waals surface area contributed by atoms with E-state index in [1.165, 1.54) is 7.11 Å². The third-order valence-electron chi connectivity index (χ3n) is 3.94. The Bertz CT molecular complexity index is 743. The van der Waals surface area contributed by atoms with Crippen LogP contribution in [-0.2, 0) is 25.5 Å². The lowest BCUT2D eigenvalue weighted by Crippen LogP contribution is -2.47. The number of rotatable bonds is 5. The number of methoxy groups -OCH3 is 1. The van der Waals surface area contributed by atoms with Gasteiger partial charge < -0.3 is 14.8 Å². The number of carbonyl (C=O) groups excluding carboxylic acids is 2. The molecule has 0 saturated carbocycles. The molecule has 2 atom stereocenters. The van der Waals surface area contributed by atoms with Gasteiger partial charge in [-0.25, -0.2) is 9.78 Å². The van der Waals surface area contributed by atoms with Crippen LogP contribution in [0.15, 0.2) is 30.5 Å². The topological polar surface area (TPSA) is 90.4 Å². The van der Waals surface area contributed by atoms with Crippen LogP contribution in [0.2, 0.25) is 0 Å². The molecular weight excluding hydrogens is 310 g/mol. The molecule has 2 aromatic rings. The molecule has 24 heavy (non-hydrogen) atoms. The molecule has 1 N–H and O–H groups in total. The van der Waals surface area contributed by atoms with Gasteiger partial charge >= 0.3 is 5.97 Å². The van der Waals surface area contributed by atoms with E-state index < -0.39 is 18.1 Å². The Morgan fingerprint density at radius 2 is 2.17 bits per heavy atom. The van der Waals surface area contributed by atoms with Crippen molar-refractivity contribution in [1.29, 1.82) is 0 Å². The van der Waals surface area contributed by atoms with Crippen LogP contribution < -0.4 is 5.32 Å². The van der Waals surface area contributed by atoms with Crippen molar-refractivity contribution in [3.63, 3.8) is 0 Å². The van der Waals surface area contributed by atoms with Gasteiger partial charge in [0.15, 0.2) is 0 Å². The second-order valence-electron chi connectivity index (χ2n) is 5.64. The minimum atomic E-state index is -0.817. The van der Waals surface area contributed by atoms with Crippen molar-refractivity contribution in [3.8, 4) is 0 Å². The fraction of sp³-hybridized carbons (Fsp3) is 0.412. The molecule has 1 amide bonds. The Hall–Kier alpha value is -2.54. The highest BCUT2D eigenvalue weighted by Crippen LogP contribution is 2.13. The Morgan fingerprint density at radius 3 is 2.88 bits per heavy atom. The van der Waals surface area contributed by atoms with Crippen LogP contribution in [0.4, 0.5) is 0 Å². The van der Waals surface area contributed by atoms with Gasteiger partial charge in [0.2, 0.25) is 5.91 Å². The van der Waals surface area contributed by atoms with Gasteiger partial charge in [0.25, 0.3) is 0 Å². The molecule has 1 aromatic carbocycles. The zero-order valence-corrected chi connectivity index (χ0v) is 13.4. The molecule has 0 unspecified atom stereocenters. The van der Waals surface area contributed by atoms with Crippen molar-refractivity contribution < 1.29 is 19.1 Å². The zero-order chi connectivity index (χ0) is 16.9. The minimum Gasteiger partial charge on any atom is -0.467 e. The second kappa shape index (κ2) is 7.35. The van der Waals surface area contributed by atoms with E-state index in [0.29, 0.717) is 18.7 Å². The quantitative estimate of drug-likeness (QED) is 0.823. The normalized spacial score (nSPS) is 18.3. The summed E-state index contributed by atoms with van der Waals surface area (Å²) >= 11 is 0. The highest BCUT2D eigenvalue weighted by Gasteiger charge is 2.29. The zero-order valence-electron chi connectivity index (χ0n) is 13.4. The van der Waals surface area contributed by atoms with E-state index in [9.17, 15) is 9.59 Å². The van der Waals surface area contributed by atoms with E-state index in [1.54, 1.807) is 6.20 Å². The lowest BCUT2D eigenvalue weighted by molar-refractivity contribution is -0.146. The number of benzene rings is 1. The molecular formula is C17H19N3O4. The first kappa shape index (κ1) is 16.3. The number of aromatic nitrogens is 2. The van der Waals surface area contributed by atoms with Crippen molar-refractivity contribution in [2.45, 2.75) is 31.4 Å². The van der Waals surface area contributed by atoms with Crippen molar-refractivity contribution >= 4 is 22.9 Å². The average Bonchev–Trinajstić information content (AvgIpc) is 3.15. The number of nitrogens with zero attached hydrogens (tertiary/aromatic N) is 2. The predicted molar refractivity (Wildman–Crippen MR) is 86.2 cm³/mol. The summed E-state index contributed by atoms with van der Waals surface area (Å²) in [6.45, 7) is 0.567. The molecule has 126 valence electrons. The fourth-order valence-corrected chi connectivity index (χ4v) is 2.69. The van der Waals surface area contributed by atoms with Crippen molar-refractivity contribution in [1.82, 2.24) is 15.3 Å². The molecule has 1 fully saturated rings. The van der Waals surface area contributed by atoms with Crippen LogP contribution in [0.5, 0.6) is 0 Å². The van der Waals surface area contributed by atoms with Crippen molar-refractivity contribution in [2.75, 3.05) is 13.7 Å². The lowest BCUT2D eigenvalue weighted by Gasteiger charge is -2.18. The number of hydrogen-bond donors (Lipinski definition) is 1. The summed E-state index contributed by atoms with van der Waals surface area (Å²) < 4.78 is 10.1. The van der Waals surface area contributed by atoms with Gasteiger partial charge in [0, 0.05) is 19.2 Å². The fourth-order valence-electron chi connectivity index (χ4n) is 2.69. The standard InChI is InChI=1S/C17H19N3O4/c1-23-17(22)14(20-16(21)15-7-4-8-24-15)9-11-10-18-12-5-2-3-6-13(12)19-11/h2-3,5-6,10,14-15H,4,7-9H2,1H3,(H,20,21)/t14-,15+/m0/s1. The monoisotopic (exact) mass is 329 g/mol. The number of esters is 1. The average molecular weight is 329 g/mol. The first-order valence-corrected chi connectivity index (χ1v) is 7.88. The Morgan fingerprint density at radius 1 is 1.38 bits per heavy atom. The molecule has 7 nitrogen and oxygen atoms in total. The van der Waals surface area contributed by atoms with Crippen LogP contribution in [0, 0.1) is 0 Å². The largest absolute Gasteiger partial charge is 0.467 e. The molecule has 0 bridgehead atoms. The first-order chi connectivity index (χ1) is 11.7. The maximum Gasteiger partial charge on any atom is 0.328 e. The summed E-state index contributed by atoms with van der Waals surface area (Å²) in [5.74, 6) is -0.812. The number of nitrogens with one attached hydrogen (secondary N) is 1. The van der Waals surface area contributed by atoms with Crippen LogP contribution >= 0.6 is 0 Å². The third-order valence-corrected chi connectivity index (χ3v) is 3.94. The first-order valence-electron chi connectivity index (χ1n) is 7.88. The molecule has 0 aliphatic carbocycles. The summed E-state index contributed by atoms with van der Waals surface area (Å²) in [6.07, 6.45) is 2.83. The molecule has 3 rings (SSSR count). The van der Waals surface area contributed by atoms with E-state index in [1.807, 2.05) is 24.3 Å². The van der Waals surface area contributed by atoms with Crippen LogP contribution in [0.1, 0.15) is 18.5 Å². The van der Waals surface area contributed by atoms with E-state index >= 15 is 0 Å². The van der Waals surface area contributed by atoms with Gasteiger partial charge in [-0.2, -0.15) is 0 Å². The summed E-state index contributed by atoms with van der Waals surface area (Å²) in [6, 6.07) is 6.66. The molecule has 0 spiro atoms. The molecule has 2 heterocycles. The van der Waals surface area contributed by atoms with E-state index in [2.05, 4.69) is 15.3 Å². The van der Waals surface area contributed by atoms with Gasteiger partial charge in [-0.1, -0.05) is 12.1 Å². The molecule has 1 aliphatic rings. The number of fused-ring (bicyclic) bond motifs is 1. The molecule has 7 heteroatoms. The highest BCUT2D eigenvalue weighted by atomic mass is 16.5. The third kappa shape index (κ3) is 3.68. The molecule has 1 saturated heterocycles. The van der Waals surface area contributed by atoms with E-state index in [4.69, 9.17) is 9.47 Å². The Labute approximate surface area is 139 Å². The highest BCUT2D eigenvalue weighted by molar-refractivity contribution is 5.87. The number of amides is 1.